The van der Waals surface area contributed by atoms with Gasteiger partial charge in [0.1, 0.15) is 6.04 Å². The summed E-state index contributed by atoms with van der Waals surface area (Å²) in [7, 11) is 0. The number of aliphatic carboxylic acids is 2. The van der Waals surface area contributed by atoms with Crippen LogP contribution in [0, 0.1) is 0 Å². The fraction of sp³-hybridized carbons (Fsp3) is 0.542. The number of hydrogen-bond donors (Lipinski definition) is 3. The molecule has 3 N–H and O–H groups in total. The van der Waals surface area contributed by atoms with Gasteiger partial charge in [0.05, 0.1) is 6.42 Å². The van der Waals surface area contributed by atoms with Gasteiger partial charge in [-0.2, -0.15) is 0 Å². The summed E-state index contributed by atoms with van der Waals surface area (Å²) in [6.45, 7) is 2.21. The fourth-order valence-corrected chi connectivity index (χ4v) is 2.58. The predicted molar refractivity (Wildman–Crippen MR) is 120 cm³/mol. The van der Waals surface area contributed by atoms with Crippen molar-refractivity contribution in [3.8, 4) is 0 Å². The van der Waals surface area contributed by atoms with E-state index in [2.05, 4.69) is 48.7 Å². The normalized spacial score (nSPS) is 13.0. The Morgan fingerprint density at radius 1 is 0.767 bits per heavy atom. The first-order valence-electron chi connectivity index (χ1n) is 10.8. The minimum atomic E-state index is -1.38. The molecule has 0 bridgehead atoms. The van der Waals surface area contributed by atoms with Crippen molar-refractivity contribution in [2.45, 2.75) is 83.6 Å². The first-order chi connectivity index (χ1) is 14.5. The van der Waals surface area contributed by atoms with Crippen molar-refractivity contribution in [3.63, 3.8) is 0 Å². The van der Waals surface area contributed by atoms with E-state index >= 15 is 0 Å². The Morgan fingerprint density at radius 3 is 1.73 bits per heavy atom. The van der Waals surface area contributed by atoms with Gasteiger partial charge in [0, 0.05) is 6.42 Å². The van der Waals surface area contributed by atoms with Crippen LogP contribution in [0.25, 0.3) is 0 Å². The lowest BCUT2D eigenvalue weighted by atomic mass is 10.1. The molecule has 6 nitrogen and oxygen atoms in total. The molecule has 0 aromatic carbocycles. The summed E-state index contributed by atoms with van der Waals surface area (Å²) in [6, 6.07) is -1.38. The van der Waals surface area contributed by atoms with E-state index in [0.29, 0.717) is 12.8 Å². The number of carboxylic acids is 2. The average Bonchev–Trinajstić information content (AvgIpc) is 2.69. The van der Waals surface area contributed by atoms with Gasteiger partial charge in [-0.1, -0.05) is 68.4 Å². The van der Waals surface area contributed by atoms with Gasteiger partial charge in [0.2, 0.25) is 5.91 Å². The first kappa shape index (κ1) is 27.4. The lowest BCUT2D eigenvalue weighted by molar-refractivity contribution is -0.147. The summed E-state index contributed by atoms with van der Waals surface area (Å²) in [5.41, 5.74) is 0. The second kappa shape index (κ2) is 19.7. The van der Waals surface area contributed by atoms with Crippen LogP contribution in [0.4, 0.5) is 0 Å². The molecule has 0 radical (unpaired) electrons. The Balaban J connectivity index is 3.74. The molecule has 168 valence electrons. The Labute approximate surface area is 180 Å². The van der Waals surface area contributed by atoms with Gasteiger partial charge < -0.3 is 15.5 Å². The fourth-order valence-electron chi connectivity index (χ4n) is 2.58. The average molecular weight is 420 g/mol. The number of amides is 1. The lowest BCUT2D eigenvalue weighted by Gasteiger charge is -2.11. The van der Waals surface area contributed by atoms with E-state index in [1.54, 1.807) is 0 Å². The van der Waals surface area contributed by atoms with Gasteiger partial charge >= 0.3 is 11.9 Å². The highest BCUT2D eigenvalue weighted by Gasteiger charge is 2.22. The maximum absolute atomic E-state index is 11.7. The molecule has 0 aromatic rings. The summed E-state index contributed by atoms with van der Waals surface area (Å²) in [5.74, 6) is -3.05. The first-order valence-corrected chi connectivity index (χ1v) is 10.8. The minimum absolute atomic E-state index is 0.168. The van der Waals surface area contributed by atoms with Crippen LogP contribution in [0.1, 0.15) is 77.6 Å². The van der Waals surface area contributed by atoms with Crippen LogP contribution in [-0.2, 0) is 14.4 Å². The summed E-state index contributed by atoms with van der Waals surface area (Å²) in [6.07, 6.45) is 25.6. The summed E-state index contributed by atoms with van der Waals surface area (Å²) in [5, 5.41) is 19.8. The number of carbonyl (C=O) groups excluding carboxylic acids is 1. The van der Waals surface area contributed by atoms with Gasteiger partial charge in [-0.05, 0) is 44.9 Å². The molecule has 0 spiro atoms. The number of hydrogen-bond acceptors (Lipinski definition) is 3. The third-order valence-corrected chi connectivity index (χ3v) is 4.24. The molecule has 0 saturated carbocycles. The number of allylic oxidation sites excluding steroid dienone is 8. The SMILES string of the molecule is CCCCCC=CCC=CCC=CCC=CCCCC(=O)N[C@@H](CC(=O)O)C(=O)O. The van der Waals surface area contributed by atoms with Gasteiger partial charge in [-0.25, -0.2) is 4.79 Å². The Hall–Kier alpha value is -2.63. The number of carbonyl (C=O) groups is 3. The molecule has 0 aromatic heterocycles. The molecule has 30 heavy (non-hydrogen) atoms. The Bertz CT molecular complexity index is 605. The minimum Gasteiger partial charge on any atom is -0.481 e. The van der Waals surface area contributed by atoms with Crippen LogP contribution in [-0.4, -0.2) is 34.1 Å². The summed E-state index contributed by atoms with van der Waals surface area (Å²) < 4.78 is 0. The van der Waals surface area contributed by atoms with E-state index in [1.807, 2.05) is 12.2 Å². The molecule has 0 aliphatic heterocycles. The van der Waals surface area contributed by atoms with E-state index < -0.39 is 30.3 Å². The predicted octanol–water partition coefficient (Wildman–Crippen LogP) is 5.18. The molecule has 0 rings (SSSR count). The molecule has 6 heteroatoms. The number of unbranched alkanes of at least 4 members (excludes halogenated alkanes) is 4. The molecule has 0 heterocycles. The van der Waals surface area contributed by atoms with Crippen molar-refractivity contribution in [1.82, 2.24) is 5.32 Å². The summed E-state index contributed by atoms with van der Waals surface area (Å²) in [4.78, 5) is 33.2. The molecular formula is C24H37NO5. The zero-order valence-electron chi connectivity index (χ0n) is 18.1. The standard InChI is InChI=1S/C24H37NO5/c1-2-3-4-5-6-7-8-9-10-11-12-13-14-15-16-17-18-19-22(26)25-21(24(29)30)20-23(27)28/h6-7,9-10,12-13,15-16,21H,2-5,8,11,14,17-20H2,1H3,(H,25,26)(H,27,28)(H,29,30)/t21-/m0/s1. The van der Waals surface area contributed by atoms with E-state index in [0.717, 1.165) is 19.3 Å². The quantitative estimate of drug-likeness (QED) is 0.210. The third kappa shape index (κ3) is 18.7. The summed E-state index contributed by atoms with van der Waals surface area (Å²) >= 11 is 0. The highest BCUT2D eigenvalue weighted by atomic mass is 16.4. The monoisotopic (exact) mass is 419 g/mol. The van der Waals surface area contributed by atoms with Gasteiger partial charge in [0.25, 0.3) is 0 Å². The highest BCUT2D eigenvalue weighted by molar-refractivity contribution is 5.86. The number of nitrogens with one attached hydrogen (secondary N) is 1. The molecule has 0 saturated heterocycles. The molecule has 0 fully saturated rings. The van der Waals surface area contributed by atoms with Gasteiger partial charge in [-0.15, -0.1) is 0 Å². The lowest BCUT2D eigenvalue weighted by Crippen LogP contribution is -2.42. The van der Waals surface area contributed by atoms with Crippen LogP contribution in [0.2, 0.25) is 0 Å². The van der Waals surface area contributed by atoms with E-state index in [9.17, 15) is 14.4 Å². The van der Waals surface area contributed by atoms with Crippen LogP contribution < -0.4 is 5.32 Å². The smallest absolute Gasteiger partial charge is 0.326 e. The van der Waals surface area contributed by atoms with Crippen LogP contribution >= 0.6 is 0 Å². The maximum atomic E-state index is 11.7. The third-order valence-electron chi connectivity index (χ3n) is 4.24. The van der Waals surface area contributed by atoms with Crippen molar-refractivity contribution in [2.24, 2.45) is 0 Å². The van der Waals surface area contributed by atoms with Gasteiger partial charge in [0.15, 0.2) is 0 Å². The topological polar surface area (TPSA) is 104 Å². The van der Waals surface area contributed by atoms with Gasteiger partial charge in [-0.3, -0.25) is 9.59 Å². The van der Waals surface area contributed by atoms with Crippen molar-refractivity contribution >= 4 is 17.8 Å². The second-order valence-corrected chi connectivity index (χ2v) is 7.04. The van der Waals surface area contributed by atoms with Crippen molar-refractivity contribution in [2.75, 3.05) is 0 Å². The van der Waals surface area contributed by atoms with Crippen LogP contribution in [0.15, 0.2) is 48.6 Å². The second-order valence-electron chi connectivity index (χ2n) is 7.04. The van der Waals surface area contributed by atoms with E-state index in [-0.39, 0.29) is 6.42 Å². The molecule has 1 amide bonds. The van der Waals surface area contributed by atoms with Crippen LogP contribution in [0.5, 0.6) is 0 Å². The van der Waals surface area contributed by atoms with Crippen molar-refractivity contribution < 1.29 is 24.6 Å². The molecule has 1 atom stereocenters. The van der Waals surface area contributed by atoms with Crippen molar-refractivity contribution in [1.29, 1.82) is 0 Å². The van der Waals surface area contributed by atoms with Crippen molar-refractivity contribution in [3.05, 3.63) is 48.6 Å². The largest absolute Gasteiger partial charge is 0.481 e. The Morgan fingerprint density at radius 2 is 1.27 bits per heavy atom. The number of carboxylic acid groups (broad SMARTS) is 2. The number of rotatable bonds is 18. The zero-order chi connectivity index (χ0) is 22.5. The van der Waals surface area contributed by atoms with E-state index in [1.165, 1.54) is 25.7 Å². The van der Waals surface area contributed by atoms with E-state index in [4.69, 9.17) is 10.2 Å². The maximum Gasteiger partial charge on any atom is 0.326 e. The van der Waals surface area contributed by atoms with Crippen LogP contribution in [0.3, 0.4) is 0 Å². The molecular weight excluding hydrogens is 382 g/mol. The highest BCUT2D eigenvalue weighted by Crippen LogP contribution is 2.02. The molecule has 0 aliphatic carbocycles. The molecule has 0 unspecified atom stereocenters. The molecule has 0 aliphatic rings. The Kier molecular flexibility index (Phi) is 18.0. The zero-order valence-corrected chi connectivity index (χ0v) is 18.1.